The molecule has 0 aliphatic carbocycles. The number of nitrogens with one attached hydrogen (secondary N) is 1. The van der Waals surface area contributed by atoms with Crippen molar-refractivity contribution in [3.63, 3.8) is 0 Å². The minimum Gasteiger partial charge on any atom is -0.469 e. The predicted octanol–water partition coefficient (Wildman–Crippen LogP) is 2.47. The smallest absolute Gasteiger partial charge is 0.214 e. The lowest BCUT2D eigenvalue weighted by atomic mass is 10.3. The van der Waals surface area contributed by atoms with Crippen LogP contribution in [-0.2, 0) is 6.42 Å². The van der Waals surface area contributed by atoms with E-state index in [1.165, 1.54) is 6.07 Å². The van der Waals surface area contributed by atoms with Crippen molar-refractivity contribution in [3.05, 3.63) is 48.3 Å². The Morgan fingerprint density at radius 2 is 2.20 bits per heavy atom. The highest BCUT2D eigenvalue weighted by atomic mass is 19.1. The fourth-order valence-corrected chi connectivity index (χ4v) is 1.28. The van der Waals surface area contributed by atoms with Crippen LogP contribution >= 0.6 is 0 Å². The zero-order valence-electron chi connectivity index (χ0n) is 8.11. The fraction of sp³-hybridized carbons (Fsp3) is 0.182. The number of anilines is 1. The number of pyridine rings is 1. The molecule has 0 aliphatic rings. The maximum absolute atomic E-state index is 12.7. The van der Waals surface area contributed by atoms with Gasteiger partial charge in [-0.15, -0.1) is 0 Å². The molecule has 0 atom stereocenters. The van der Waals surface area contributed by atoms with Gasteiger partial charge >= 0.3 is 0 Å². The van der Waals surface area contributed by atoms with E-state index < -0.39 is 5.95 Å². The van der Waals surface area contributed by atoms with Gasteiger partial charge in [-0.25, -0.2) is 4.98 Å². The van der Waals surface area contributed by atoms with E-state index in [-0.39, 0.29) is 0 Å². The summed E-state index contributed by atoms with van der Waals surface area (Å²) in [5.74, 6) is 0.971. The van der Waals surface area contributed by atoms with Gasteiger partial charge < -0.3 is 9.73 Å². The van der Waals surface area contributed by atoms with E-state index in [4.69, 9.17) is 4.42 Å². The Kier molecular flexibility index (Phi) is 2.97. The molecule has 4 heteroatoms. The molecule has 0 bridgehead atoms. The second kappa shape index (κ2) is 4.59. The zero-order valence-corrected chi connectivity index (χ0v) is 8.11. The summed E-state index contributed by atoms with van der Waals surface area (Å²) < 4.78 is 17.9. The van der Waals surface area contributed by atoms with Gasteiger partial charge in [-0.3, -0.25) is 0 Å². The Morgan fingerprint density at radius 1 is 1.27 bits per heavy atom. The molecular formula is C11H11FN2O. The van der Waals surface area contributed by atoms with Crippen molar-refractivity contribution in [2.24, 2.45) is 0 Å². The van der Waals surface area contributed by atoms with Crippen LogP contribution in [0.4, 0.5) is 10.2 Å². The van der Waals surface area contributed by atoms with Crippen LogP contribution in [0.2, 0.25) is 0 Å². The molecule has 0 aromatic carbocycles. The van der Waals surface area contributed by atoms with Crippen molar-refractivity contribution < 1.29 is 8.81 Å². The summed E-state index contributed by atoms with van der Waals surface area (Å²) >= 11 is 0. The van der Waals surface area contributed by atoms with Gasteiger partial charge in [0.1, 0.15) is 11.6 Å². The maximum atomic E-state index is 12.7. The van der Waals surface area contributed by atoms with E-state index in [1.54, 1.807) is 18.4 Å². The lowest BCUT2D eigenvalue weighted by Gasteiger charge is -2.03. The van der Waals surface area contributed by atoms with E-state index >= 15 is 0 Å². The molecule has 0 unspecified atom stereocenters. The predicted molar refractivity (Wildman–Crippen MR) is 55.1 cm³/mol. The number of rotatable bonds is 4. The molecule has 2 aromatic rings. The highest BCUT2D eigenvalue weighted by Gasteiger charge is 1.97. The van der Waals surface area contributed by atoms with Crippen LogP contribution in [-0.4, -0.2) is 11.5 Å². The first-order valence-corrected chi connectivity index (χ1v) is 4.73. The molecule has 0 fully saturated rings. The molecule has 2 aromatic heterocycles. The summed E-state index contributed by atoms with van der Waals surface area (Å²) in [6.45, 7) is 0.671. The molecule has 0 spiro atoms. The fourth-order valence-electron chi connectivity index (χ4n) is 1.28. The molecule has 1 N–H and O–H groups in total. The summed E-state index contributed by atoms with van der Waals surface area (Å²) in [5.41, 5.74) is 0. The van der Waals surface area contributed by atoms with E-state index in [2.05, 4.69) is 10.3 Å². The van der Waals surface area contributed by atoms with E-state index in [0.717, 1.165) is 12.2 Å². The molecule has 0 radical (unpaired) electrons. The molecule has 0 saturated carbocycles. The quantitative estimate of drug-likeness (QED) is 0.781. The van der Waals surface area contributed by atoms with Crippen LogP contribution in [0.3, 0.4) is 0 Å². The van der Waals surface area contributed by atoms with Crippen LogP contribution in [0.1, 0.15) is 5.76 Å². The Bertz CT molecular complexity index is 414. The van der Waals surface area contributed by atoms with Crippen LogP contribution in [0.5, 0.6) is 0 Å². The normalized spacial score (nSPS) is 10.2. The summed E-state index contributed by atoms with van der Waals surface area (Å²) in [6.07, 6.45) is 2.39. The van der Waals surface area contributed by atoms with Gasteiger partial charge in [-0.1, -0.05) is 6.07 Å². The molecule has 0 saturated heterocycles. The van der Waals surface area contributed by atoms with Gasteiger partial charge in [0, 0.05) is 13.0 Å². The Balaban J connectivity index is 1.83. The number of hydrogen-bond donors (Lipinski definition) is 1. The first-order valence-electron chi connectivity index (χ1n) is 4.73. The van der Waals surface area contributed by atoms with Crippen molar-refractivity contribution in [2.75, 3.05) is 11.9 Å². The van der Waals surface area contributed by atoms with Crippen LogP contribution in [0.25, 0.3) is 0 Å². The van der Waals surface area contributed by atoms with Crippen molar-refractivity contribution in [1.82, 2.24) is 4.98 Å². The second-order valence-corrected chi connectivity index (χ2v) is 3.10. The van der Waals surface area contributed by atoms with Gasteiger partial charge in [-0.05, 0) is 24.3 Å². The van der Waals surface area contributed by atoms with Gasteiger partial charge in [0.15, 0.2) is 0 Å². The van der Waals surface area contributed by atoms with Gasteiger partial charge in [0.25, 0.3) is 0 Å². The van der Waals surface area contributed by atoms with Crippen LogP contribution < -0.4 is 5.32 Å². The monoisotopic (exact) mass is 206 g/mol. The Labute approximate surface area is 86.9 Å². The topological polar surface area (TPSA) is 38.1 Å². The van der Waals surface area contributed by atoms with E-state index in [1.807, 2.05) is 12.1 Å². The molecular weight excluding hydrogens is 195 g/mol. The van der Waals surface area contributed by atoms with Crippen molar-refractivity contribution >= 4 is 5.82 Å². The Morgan fingerprint density at radius 3 is 2.93 bits per heavy atom. The second-order valence-electron chi connectivity index (χ2n) is 3.10. The number of hydrogen-bond acceptors (Lipinski definition) is 3. The zero-order chi connectivity index (χ0) is 10.5. The molecule has 2 heterocycles. The van der Waals surface area contributed by atoms with E-state index in [9.17, 15) is 4.39 Å². The summed E-state index contributed by atoms with van der Waals surface area (Å²) in [5, 5.41) is 3.01. The number of aromatic nitrogens is 1. The van der Waals surface area contributed by atoms with Gasteiger partial charge in [0.05, 0.1) is 6.26 Å². The first kappa shape index (κ1) is 9.71. The molecule has 2 rings (SSSR count). The van der Waals surface area contributed by atoms with Gasteiger partial charge in [-0.2, -0.15) is 4.39 Å². The molecule has 15 heavy (non-hydrogen) atoms. The largest absolute Gasteiger partial charge is 0.469 e. The van der Waals surface area contributed by atoms with E-state index in [0.29, 0.717) is 12.4 Å². The third-order valence-corrected chi connectivity index (χ3v) is 1.97. The van der Waals surface area contributed by atoms with Crippen LogP contribution in [0.15, 0.2) is 41.0 Å². The standard InChI is InChI=1S/C11H11FN2O/c12-10-4-1-5-11(14-10)13-7-6-9-3-2-8-15-9/h1-5,8H,6-7H2,(H,13,14). The lowest BCUT2D eigenvalue weighted by molar-refractivity contribution is 0.512. The maximum Gasteiger partial charge on any atom is 0.214 e. The summed E-state index contributed by atoms with van der Waals surface area (Å²) in [7, 11) is 0. The number of nitrogens with zero attached hydrogens (tertiary/aromatic N) is 1. The average Bonchev–Trinajstić information content (AvgIpc) is 2.71. The Hall–Kier alpha value is -1.84. The lowest BCUT2D eigenvalue weighted by Crippen LogP contribution is -2.06. The van der Waals surface area contributed by atoms with Gasteiger partial charge in [0.2, 0.25) is 5.95 Å². The third kappa shape index (κ3) is 2.80. The van der Waals surface area contributed by atoms with Crippen molar-refractivity contribution in [2.45, 2.75) is 6.42 Å². The summed E-state index contributed by atoms with van der Waals surface area (Å²) in [6, 6.07) is 8.41. The molecule has 0 amide bonds. The average molecular weight is 206 g/mol. The number of halogens is 1. The molecule has 0 aliphatic heterocycles. The third-order valence-electron chi connectivity index (χ3n) is 1.97. The van der Waals surface area contributed by atoms with Crippen molar-refractivity contribution in [3.8, 4) is 0 Å². The van der Waals surface area contributed by atoms with Crippen molar-refractivity contribution in [1.29, 1.82) is 0 Å². The molecule has 3 nitrogen and oxygen atoms in total. The number of furan rings is 1. The highest BCUT2D eigenvalue weighted by Crippen LogP contribution is 2.05. The van der Waals surface area contributed by atoms with Crippen LogP contribution in [0, 0.1) is 5.95 Å². The SMILES string of the molecule is Fc1cccc(NCCc2ccco2)n1. The minimum atomic E-state index is -0.474. The minimum absolute atomic E-state index is 0.474. The summed E-state index contributed by atoms with van der Waals surface area (Å²) in [4.78, 5) is 3.68. The molecule has 78 valence electrons. The highest BCUT2D eigenvalue weighted by molar-refractivity contribution is 5.33. The first-order chi connectivity index (χ1) is 7.34.